The maximum atomic E-state index is 10.2. The molecule has 2 aromatic rings. The van der Waals surface area contributed by atoms with E-state index in [1.807, 2.05) is 29.6 Å². The van der Waals surface area contributed by atoms with Gasteiger partial charge in [-0.1, -0.05) is 43.7 Å². The molecule has 17 heavy (non-hydrogen) atoms. The van der Waals surface area contributed by atoms with Gasteiger partial charge in [0.1, 0.15) is 6.10 Å². The van der Waals surface area contributed by atoms with Crippen molar-refractivity contribution in [1.29, 1.82) is 0 Å². The third-order valence-corrected chi connectivity index (χ3v) is 3.85. The van der Waals surface area contributed by atoms with Crippen LogP contribution in [0.2, 0.25) is 0 Å². The van der Waals surface area contributed by atoms with Gasteiger partial charge in [-0.2, -0.15) is 0 Å². The Kier molecular flexibility index (Phi) is 4.35. The summed E-state index contributed by atoms with van der Waals surface area (Å²) in [6, 6.07) is 12.3. The summed E-state index contributed by atoms with van der Waals surface area (Å²) < 4.78 is 0. The molecule has 0 radical (unpaired) electrons. The van der Waals surface area contributed by atoms with Gasteiger partial charge in [0, 0.05) is 4.88 Å². The molecule has 0 spiro atoms. The molecule has 2 rings (SSSR count). The normalized spacial score (nSPS) is 12.6. The maximum absolute atomic E-state index is 10.2. The second-order valence-corrected chi connectivity index (χ2v) is 5.24. The highest BCUT2D eigenvalue weighted by Gasteiger charge is 2.10. The summed E-state index contributed by atoms with van der Waals surface area (Å²) in [4.78, 5) is 1.01. The molecular weight excluding hydrogens is 228 g/mol. The van der Waals surface area contributed by atoms with Crippen LogP contribution in [0.1, 0.15) is 41.9 Å². The van der Waals surface area contributed by atoms with E-state index in [1.54, 1.807) is 11.3 Å². The average Bonchev–Trinajstić information content (AvgIpc) is 2.90. The van der Waals surface area contributed by atoms with Crippen LogP contribution < -0.4 is 0 Å². The average molecular weight is 246 g/mol. The minimum Gasteiger partial charge on any atom is -0.383 e. The lowest BCUT2D eigenvalue weighted by molar-refractivity contribution is 0.224. The van der Waals surface area contributed by atoms with Crippen LogP contribution in [0.15, 0.2) is 41.8 Å². The summed E-state index contributed by atoms with van der Waals surface area (Å²) in [7, 11) is 0. The molecule has 0 aliphatic heterocycles. The third-order valence-electron chi connectivity index (χ3n) is 2.93. The van der Waals surface area contributed by atoms with Crippen molar-refractivity contribution in [3.63, 3.8) is 0 Å². The van der Waals surface area contributed by atoms with E-state index in [0.29, 0.717) is 0 Å². The van der Waals surface area contributed by atoms with Gasteiger partial charge in [0.2, 0.25) is 0 Å². The van der Waals surface area contributed by atoms with Crippen molar-refractivity contribution in [2.75, 3.05) is 0 Å². The molecule has 1 N–H and O–H groups in total. The summed E-state index contributed by atoms with van der Waals surface area (Å²) in [5.74, 6) is 0. The molecule has 2 heteroatoms. The van der Waals surface area contributed by atoms with Gasteiger partial charge in [-0.15, -0.1) is 11.3 Å². The first-order valence-electron chi connectivity index (χ1n) is 6.11. The first kappa shape index (κ1) is 12.3. The van der Waals surface area contributed by atoms with E-state index in [4.69, 9.17) is 0 Å². The largest absolute Gasteiger partial charge is 0.383 e. The number of aryl methyl sites for hydroxylation is 1. The molecule has 0 aliphatic carbocycles. The lowest BCUT2D eigenvalue weighted by atomic mass is 10.0. The second-order valence-electron chi connectivity index (χ2n) is 4.26. The van der Waals surface area contributed by atoms with Crippen molar-refractivity contribution in [2.45, 2.75) is 32.3 Å². The van der Waals surface area contributed by atoms with E-state index < -0.39 is 6.10 Å². The summed E-state index contributed by atoms with van der Waals surface area (Å²) in [5, 5.41) is 12.2. The standard InChI is InChI=1S/C15H18OS/c1-2-3-5-12-7-9-13(10-8-12)15(16)14-6-4-11-17-14/h4,6-11,15-16H,2-3,5H2,1H3/t15-/m1/s1. The van der Waals surface area contributed by atoms with Crippen LogP contribution in [-0.2, 0) is 6.42 Å². The third kappa shape index (κ3) is 3.18. The number of rotatable bonds is 5. The minimum atomic E-state index is -0.477. The van der Waals surface area contributed by atoms with Crippen molar-refractivity contribution in [3.05, 3.63) is 57.8 Å². The van der Waals surface area contributed by atoms with E-state index in [1.165, 1.54) is 18.4 Å². The quantitative estimate of drug-likeness (QED) is 0.839. The highest BCUT2D eigenvalue weighted by atomic mass is 32.1. The van der Waals surface area contributed by atoms with Gasteiger partial charge in [-0.3, -0.25) is 0 Å². The van der Waals surface area contributed by atoms with E-state index in [0.717, 1.165) is 16.9 Å². The van der Waals surface area contributed by atoms with Gasteiger partial charge < -0.3 is 5.11 Å². The molecular formula is C15H18OS. The molecule has 0 aliphatic rings. The van der Waals surface area contributed by atoms with Crippen LogP contribution in [0.3, 0.4) is 0 Å². The summed E-state index contributed by atoms with van der Waals surface area (Å²) in [6.07, 6.45) is 3.10. The molecule has 1 heterocycles. The van der Waals surface area contributed by atoms with Crippen LogP contribution in [-0.4, -0.2) is 5.11 Å². The molecule has 1 aromatic carbocycles. The molecule has 1 aromatic heterocycles. The van der Waals surface area contributed by atoms with Crippen molar-refractivity contribution >= 4 is 11.3 Å². The monoisotopic (exact) mass is 246 g/mol. The van der Waals surface area contributed by atoms with Crippen LogP contribution in [0.4, 0.5) is 0 Å². The van der Waals surface area contributed by atoms with Gasteiger partial charge in [0.15, 0.2) is 0 Å². The van der Waals surface area contributed by atoms with Gasteiger partial charge in [0.25, 0.3) is 0 Å². The van der Waals surface area contributed by atoms with E-state index in [2.05, 4.69) is 19.1 Å². The Morgan fingerprint density at radius 2 is 1.94 bits per heavy atom. The van der Waals surface area contributed by atoms with Crippen molar-refractivity contribution in [2.24, 2.45) is 0 Å². The minimum absolute atomic E-state index is 0.477. The smallest absolute Gasteiger partial charge is 0.113 e. The van der Waals surface area contributed by atoms with Crippen molar-refractivity contribution in [3.8, 4) is 0 Å². The Morgan fingerprint density at radius 1 is 1.18 bits per heavy atom. The van der Waals surface area contributed by atoms with Crippen LogP contribution in [0.5, 0.6) is 0 Å². The molecule has 0 fully saturated rings. The van der Waals surface area contributed by atoms with Crippen LogP contribution in [0.25, 0.3) is 0 Å². The number of hydrogen-bond donors (Lipinski definition) is 1. The number of benzene rings is 1. The Bertz CT molecular complexity index is 430. The van der Waals surface area contributed by atoms with Gasteiger partial charge >= 0.3 is 0 Å². The van der Waals surface area contributed by atoms with Crippen LogP contribution in [0, 0.1) is 0 Å². The first-order chi connectivity index (χ1) is 8.31. The summed E-state index contributed by atoms with van der Waals surface area (Å²) in [6.45, 7) is 2.20. The fraction of sp³-hybridized carbons (Fsp3) is 0.333. The maximum Gasteiger partial charge on any atom is 0.113 e. The lowest BCUT2D eigenvalue weighted by Crippen LogP contribution is -1.97. The number of aliphatic hydroxyl groups is 1. The summed E-state index contributed by atoms with van der Waals surface area (Å²) in [5.41, 5.74) is 2.33. The number of aliphatic hydroxyl groups excluding tert-OH is 1. The van der Waals surface area contributed by atoms with Gasteiger partial charge in [-0.05, 0) is 35.4 Å². The zero-order chi connectivity index (χ0) is 12.1. The second kappa shape index (κ2) is 5.99. The van der Waals surface area contributed by atoms with Gasteiger partial charge in [-0.25, -0.2) is 0 Å². The van der Waals surface area contributed by atoms with E-state index in [-0.39, 0.29) is 0 Å². The summed E-state index contributed by atoms with van der Waals surface area (Å²) >= 11 is 1.59. The van der Waals surface area contributed by atoms with Crippen molar-refractivity contribution in [1.82, 2.24) is 0 Å². The molecule has 0 saturated heterocycles. The van der Waals surface area contributed by atoms with Crippen LogP contribution >= 0.6 is 11.3 Å². The molecule has 1 nitrogen and oxygen atoms in total. The van der Waals surface area contributed by atoms with Crippen molar-refractivity contribution < 1.29 is 5.11 Å². The van der Waals surface area contributed by atoms with E-state index >= 15 is 0 Å². The number of unbranched alkanes of at least 4 members (excludes halogenated alkanes) is 1. The fourth-order valence-corrected chi connectivity index (χ4v) is 2.60. The Balaban J connectivity index is 2.07. The Morgan fingerprint density at radius 3 is 2.53 bits per heavy atom. The molecule has 0 amide bonds. The van der Waals surface area contributed by atoms with Gasteiger partial charge in [0.05, 0.1) is 0 Å². The highest BCUT2D eigenvalue weighted by molar-refractivity contribution is 7.10. The number of hydrogen-bond acceptors (Lipinski definition) is 2. The zero-order valence-electron chi connectivity index (χ0n) is 10.1. The Hall–Kier alpha value is -1.12. The SMILES string of the molecule is CCCCc1ccc([C@@H](O)c2cccs2)cc1. The molecule has 0 saturated carbocycles. The molecule has 90 valence electrons. The fourth-order valence-electron chi connectivity index (χ4n) is 1.86. The predicted molar refractivity (Wildman–Crippen MR) is 73.4 cm³/mol. The molecule has 1 atom stereocenters. The first-order valence-corrected chi connectivity index (χ1v) is 6.99. The number of thiophene rings is 1. The Labute approximate surface area is 107 Å². The predicted octanol–water partition coefficient (Wildman–Crippen LogP) is 4.17. The zero-order valence-corrected chi connectivity index (χ0v) is 10.9. The highest BCUT2D eigenvalue weighted by Crippen LogP contribution is 2.25. The molecule has 0 unspecified atom stereocenters. The molecule has 0 bridgehead atoms. The van der Waals surface area contributed by atoms with E-state index in [9.17, 15) is 5.11 Å². The topological polar surface area (TPSA) is 20.2 Å². The lowest BCUT2D eigenvalue weighted by Gasteiger charge is -2.09.